The van der Waals surface area contributed by atoms with Gasteiger partial charge in [-0.3, -0.25) is 18.7 Å². The fraction of sp³-hybridized carbons (Fsp3) is 0.385. The van der Waals surface area contributed by atoms with Gasteiger partial charge in [-0.2, -0.15) is 5.10 Å². The van der Waals surface area contributed by atoms with E-state index in [4.69, 9.17) is 9.84 Å². The topological polar surface area (TPSA) is 57.2 Å². The minimum Gasteiger partial charge on any atom is -0.379 e. The van der Waals surface area contributed by atoms with E-state index in [-0.39, 0.29) is 5.69 Å². The summed E-state index contributed by atoms with van der Waals surface area (Å²) in [5, 5.41) is 4.99. The quantitative estimate of drug-likeness (QED) is 0.435. The van der Waals surface area contributed by atoms with E-state index in [0.717, 1.165) is 72.8 Å². The molecule has 1 aliphatic rings. The summed E-state index contributed by atoms with van der Waals surface area (Å²) < 4.78 is 11.2. The van der Waals surface area contributed by atoms with Gasteiger partial charge >= 0.3 is 5.69 Å². The van der Waals surface area contributed by atoms with Gasteiger partial charge in [0.2, 0.25) is 0 Å². The van der Waals surface area contributed by atoms with E-state index in [1.807, 2.05) is 41.2 Å². The van der Waals surface area contributed by atoms with Gasteiger partial charge in [-0.1, -0.05) is 36.4 Å². The van der Waals surface area contributed by atoms with Crippen molar-refractivity contribution in [1.82, 2.24) is 23.8 Å². The standard InChI is InChI=1S/C26H31N5O2/c1-3-30-23-11-10-21(18-24(23)31(4-2)26(30)32)22-19-29(13-12-28-14-16-33-17-15-28)27-25(22)20-8-6-5-7-9-20/h5-11,18-19H,3-4,12-17H2,1-2H3. The van der Waals surface area contributed by atoms with Crippen molar-refractivity contribution in [3.8, 4) is 22.4 Å². The van der Waals surface area contributed by atoms with Crippen LogP contribution >= 0.6 is 0 Å². The van der Waals surface area contributed by atoms with Gasteiger partial charge in [0.15, 0.2) is 0 Å². The van der Waals surface area contributed by atoms with Crippen molar-refractivity contribution in [3.63, 3.8) is 0 Å². The van der Waals surface area contributed by atoms with Gasteiger partial charge < -0.3 is 4.74 Å². The van der Waals surface area contributed by atoms with Crippen molar-refractivity contribution >= 4 is 11.0 Å². The van der Waals surface area contributed by atoms with E-state index in [2.05, 4.69) is 46.1 Å². The molecule has 2 aromatic carbocycles. The first-order valence-corrected chi connectivity index (χ1v) is 11.9. The number of benzene rings is 2. The molecule has 7 heteroatoms. The smallest absolute Gasteiger partial charge is 0.329 e. The molecule has 172 valence electrons. The molecule has 0 N–H and O–H groups in total. The van der Waals surface area contributed by atoms with Gasteiger partial charge in [0.05, 0.1) is 30.8 Å². The van der Waals surface area contributed by atoms with Gasteiger partial charge in [0, 0.05) is 50.0 Å². The molecular weight excluding hydrogens is 414 g/mol. The van der Waals surface area contributed by atoms with Crippen LogP contribution in [0, 0.1) is 0 Å². The predicted molar refractivity (Wildman–Crippen MR) is 131 cm³/mol. The molecular formula is C26H31N5O2. The third kappa shape index (κ3) is 4.14. The highest BCUT2D eigenvalue weighted by atomic mass is 16.5. The van der Waals surface area contributed by atoms with Gasteiger partial charge in [0.1, 0.15) is 5.69 Å². The van der Waals surface area contributed by atoms with Crippen molar-refractivity contribution in [2.75, 3.05) is 32.8 Å². The van der Waals surface area contributed by atoms with Crippen molar-refractivity contribution in [1.29, 1.82) is 0 Å². The minimum absolute atomic E-state index is 0.0524. The number of morpholine rings is 1. The summed E-state index contributed by atoms with van der Waals surface area (Å²) in [6, 6.07) is 16.7. The molecule has 3 heterocycles. The van der Waals surface area contributed by atoms with Crippen LogP contribution in [0.5, 0.6) is 0 Å². The Labute approximate surface area is 193 Å². The number of aryl methyl sites for hydroxylation is 2. The predicted octanol–water partition coefficient (Wildman–Crippen LogP) is 3.71. The lowest BCUT2D eigenvalue weighted by Crippen LogP contribution is -2.38. The second-order valence-corrected chi connectivity index (χ2v) is 8.45. The van der Waals surface area contributed by atoms with E-state index in [1.165, 1.54) is 0 Å². The summed E-state index contributed by atoms with van der Waals surface area (Å²) in [5.41, 5.74) is 6.24. The van der Waals surface area contributed by atoms with Gasteiger partial charge in [-0.05, 0) is 31.5 Å². The summed E-state index contributed by atoms with van der Waals surface area (Å²) in [6.45, 7) is 10.7. The second kappa shape index (κ2) is 9.37. The average Bonchev–Trinajstić information content (AvgIpc) is 3.41. The number of nitrogens with zero attached hydrogens (tertiary/aromatic N) is 5. The fourth-order valence-electron chi connectivity index (χ4n) is 4.72. The Balaban J connectivity index is 1.56. The first-order chi connectivity index (χ1) is 16.2. The lowest BCUT2D eigenvalue weighted by molar-refractivity contribution is 0.0360. The van der Waals surface area contributed by atoms with E-state index in [0.29, 0.717) is 13.1 Å². The van der Waals surface area contributed by atoms with Gasteiger partial charge in [0.25, 0.3) is 0 Å². The lowest BCUT2D eigenvalue weighted by atomic mass is 10.0. The number of rotatable bonds is 7. The number of hydrogen-bond acceptors (Lipinski definition) is 4. The Morgan fingerprint density at radius 2 is 1.61 bits per heavy atom. The lowest BCUT2D eigenvalue weighted by Gasteiger charge is -2.26. The summed E-state index contributed by atoms with van der Waals surface area (Å²) in [5.74, 6) is 0. The molecule has 0 saturated carbocycles. The maximum Gasteiger partial charge on any atom is 0.329 e. The van der Waals surface area contributed by atoms with Crippen LogP contribution in [-0.4, -0.2) is 56.7 Å². The number of fused-ring (bicyclic) bond motifs is 1. The van der Waals surface area contributed by atoms with Crippen LogP contribution in [0.1, 0.15) is 13.8 Å². The molecule has 2 aromatic heterocycles. The van der Waals surface area contributed by atoms with Crippen LogP contribution in [0.4, 0.5) is 0 Å². The van der Waals surface area contributed by atoms with E-state index >= 15 is 0 Å². The Morgan fingerprint density at radius 3 is 2.33 bits per heavy atom. The van der Waals surface area contributed by atoms with Gasteiger partial charge in [-0.15, -0.1) is 0 Å². The molecule has 5 rings (SSSR count). The normalized spacial score (nSPS) is 14.8. The highest BCUT2D eigenvalue weighted by Gasteiger charge is 2.17. The van der Waals surface area contributed by atoms with E-state index < -0.39 is 0 Å². The molecule has 0 atom stereocenters. The first kappa shape index (κ1) is 21.7. The monoisotopic (exact) mass is 445 g/mol. The maximum atomic E-state index is 12.8. The number of aromatic nitrogens is 4. The SMILES string of the molecule is CCn1c(=O)n(CC)c2cc(-c3cn(CCN4CCOCC4)nc3-c3ccccc3)ccc21. The third-order valence-corrected chi connectivity index (χ3v) is 6.52. The Morgan fingerprint density at radius 1 is 0.879 bits per heavy atom. The van der Waals surface area contributed by atoms with Crippen LogP contribution in [0.15, 0.2) is 59.5 Å². The Bertz CT molecular complexity index is 1300. The number of hydrogen-bond donors (Lipinski definition) is 0. The number of imidazole rings is 1. The Hall–Kier alpha value is -3.16. The van der Waals surface area contributed by atoms with Crippen LogP contribution in [0.3, 0.4) is 0 Å². The summed E-state index contributed by atoms with van der Waals surface area (Å²) in [4.78, 5) is 15.2. The summed E-state index contributed by atoms with van der Waals surface area (Å²) in [7, 11) is 0. The highest BCUT2D eigenvalue weighted by molar-refractivity contribution is 5.87. The van der Waals surface area contributed by atoms with E-state index in [9.17, 15) is 4.79 Å². The molecule has 0 spiro atoms. The fourth-order valence-corrected chi connectivity index (χ4v) is 4.72. The highest BCUT2D eigenvalue weighted by Crippen LogP contribution is 2.32. The molecule has 1 fully saturated rings. The summed E-state index contributed by atoms with van der Waals surface area (Å²) >= 11 is 0. The second-order valence-electron chi connectivity index (χ2n) is 8.45. The minimum atomic E-state index is 0.0524. The Kier molecular flexibility index (Phi) is 6.15. The number of ether oxygens (including phenoxy) is 1. The van der Waals surface area contributed by atoms with Crippen molar-refractivity contribution in [3.05, 3.63) is 65.2 Å². The van der Waals surface area contributed by atoms with Crippen molar-refractivity contribution in [2.24, 2.45) is 0 Å². The molecule has 0 bridgehead atoms. The van der Waals surface area contributed by atoms with Crippen LogP contribution in [0.25, 0.3) is 33.4 Å². The molecule has 4 aromatic rings. The van der Waals surface area contributed by atoms with E-state index in [1.54, 1.807) is 0 Å². The van der Waals surface area contributed by atoms with Crippen molar-refractivity contribution < 1.29 is 4.74 Å². The third-order valence-electron chi connectivity index (χ3n) is 6.52. The molecule has 33 heavy (non-hydrogen) atoms. The molecule has 7 nitrogen and oxygen atoms in total. The summed E-state index contributed by atoms with van der Waals surface area (Å²) in [6.07, 6.45) is 2.15. The largest absolute Gasteiger partial charge is 0.379 e. The van der Waals surface area contributed by atoms with Crippen molar-refractivity contribution in [2.45, 2.75) is 33.5 Å². The molecule has 0 amide bonds. The first-order valence-electron chi connectivity index (χ1n) is 11.9. The zero-order valence-electron chi connectivity index (χ0n) is 19.4. The van der Waals surface area contributed by atoms with Crippen LogP contribution in [0.2, 0.25) is 0 Å². The maximum absolute atomic E-state index is 12.8. The van der Waals surface area contributed by atoms with Crippen LogP contribution < -0.4 is 5.69 Å². The zero-order valence-corrected chi connectivity index (χ0v) is 19.4. The molecule has 0 aliphatic carbocycles. The molecule has 1 aliphatic heterocycles. The molecule has 1 saturated heterocycles. The average molecular weight is 446 g/mol. The van der Waals surface area contributed by atoms with Gasteiger partial charge in [-0.25, -0.2) is 4.79 Å². The molecule has 0 unspecified atom stereocenters. The molecule has 0 radical (unpaired) electrons. The van der Waals surface area contributed by atoms with Crippen LogP contribution in [-0.2, 0) is 24.4 Å². The zero-order chi connectivity index (χ0) is 22.8.